The molecular formula is C32H39N5O2. The van der Waals surface area contributed by atoms with Crippen molar-refractivity contribution in [2.45, 2.75) is 78.8 Å². The van der Waals surface area contributed by atoms with Crippen LogP contribution in [0.25, 0.3) is 22.3 Å². The van der Waals surface area contributed by atoms with Gasteiger partial charge in [0.15, 0.2) is 5.82 Å². The molecule has 0 bridgehead atoms. The molecule has 1 amide bonds. The lowest BCUT2D eigenvalue weighted by atomic mass is 10.0. The molecule has 204 valence electrons. The Morgan fingerprint density at radius 3 is 2.62 bits per heavy atom. The van der Waals surface area contributed by atoms with Gasteiger partial charge in [0, 0.05) is 42.3 Å². The molecule has 2 aromatic heterocycles. The largest absolute Gasteiger partial charge is 0.493 e. The predicted octanol–water partition coefficient (Wildman–Crippen LogP) is 6.85. The second-order valence-electron chi connectivity index (χ2n) is 10.7. The van der Waals surface area contributed by atoms with Crippen molar-refractivity contribution < 1.29 is 9.53 Å². The number of aryl methyl sites for hydroxylation is 2. The lowest BCUT2D eigenvalue weighted by Gasteiger charge is -2.19. The van der Waals surface area contributed by atoms with Gasteiger partial charge in [-0.1, -0.05) is 31.4 Å². The van der Waals surface area contributed by atoms with Gasteiger partial charge in [0.25, 0.3) is 5.91 Å². The van der Waals surface area contributed by atoms with Crippen LogP contribution in [0.2, 0.25) is 0 Å². The third-order valence-corrected chi connectivity index (χ3v) is 7.60. The Balaban J connectivity index is 1.50. The molecule has 0 radical (unpaired) electrons. The first-order valence-electron chi connectivity index (χ1n) is 14.2. The number of fused-ring (bicyclic) bond motifs is 1. The number of amides is 1. The number of rotatable bonds is 11. The molecule has 1 aliphatic rings. The Kier molecular flexibility index (Phi) is 7.96. The van der Waals surface area contributed by atoms with E-state index < -0.39 is 0 Å². The summed E-state index contributed by atoms with van der Waals surface area (Å²) < 4.78 is 8.12. The quantitative estimate of drug-likeness (QED) is 0.200. The standard InChI is InChI=1S/C32H39N5O2/c1-6-8-9-16-39-29-15-13-24(18-26(29)23-11-12-23)31-34-28-14-10-21(3)17-27(28)30(35-31)32(38)36(5)20-25-19-33-37(7-2)22(25)4/h10,13-15,17-19,23H,6-9,11-12,16,20H2,1-5H3. The van der Waals surface area contributed by atoms with Crippen molar-refractivity contribution in [2.75, 3.05) is 13.7 Å². The maximum atomic E-state index is 13.8. The summed E-state index contributed by atoms with van der Waals surface area (Å²) in [5, 5.41) is 5.21. The van der Waals surface area contributed by atoms with E-state index in [-0.39, 0.29) is 5.91 Å². The number of nitrogens with zero attached hydrogens (tertiary/aromatic N) is 5. The number of hydrogen-bond acceptors (Lipinski definition) is 5. The number of aromatic nitrogens is 4. The van der Waals surface area contributed by atoms with E-state index in [1.807, 2.05) is 56.0 Å². The highest BCUT2D eigenvalue weighted by molar-refractivity contribution is 6.05. The molecule has 5 rings (SSSR count). The normalized spacial score (nSPS) is 13.2. The van der Waals surface area contributed by atoms with Crippen molar-refractivity contribution in [1.82, 2.24) is 24.6 Å². The zero-order valence-corrected chi connectivity index (χ0v) is 23.8. The maximum Gasteiger partial charge on any atom is 0.273 e. The molecule has 2 heterocycles. The molecule has 1 aliphatic carbocycles. The fraction of sp³-hybridized carbons (Fsp3) is 0.438. The molecule has 0 N–H and O–H groups in total. The molecule has 0 unspecified atom stereocenters. The van der Waals surface area contributed by atoms with Crippen molar-refractivity contribution in [3.05, 3.63) is 70.7 Å². The Morgan fingerprint density at radius 2 is 1.90 bits per heavy atom. The summed E-state index contributed by atoms with van der Waals surface area (Å²) in [4.78, 5) is 25.4. The van der Waals surface area contributed by atoms with E-state index in [0.29, 0.717) is 24.0 Å². The van der Waals surface area contributed by atoms with E-state index in [1.165, 1.54) is 31.2 Å². The fourth-order valence-corrected chi connectivity index (χ4v) is 5.07. The highest BCUT2D eigenvalue weighted by Gasteiger charge is 2.28. The molecule has 7 heteroatoms. The van der Waals surface area contributed by atoms with Gasteiger partial charge in [0.1, 0.15) is 11.4 Å². The molecule has 7 nitrogen and oxygen atoms in total. The number of carbonyl (C=O) groups excluding carboxylic acids is 1. The van der Waals surface area contributed by atoms with Crippen molar-refractivity contribution in [1.29, 1.82) is 0 Å². The minimum atomic E-state index is -0.129. The first-order chi connectivity index (χ1) is 18.9. The first kappa shape index (κ1) is 26.9. The summed E-state index contributed by atoms with van der Waals surface area (Å²) in [7, 11) is 1.82. The molecule has 4 aromatic rings. The number of carbonyl (C=O) groups is 1. The van der Waals surface area contributed by atoms with E-state index in [4.69, 9.17) is 14.7 Å². The molecule has 0 saturated heterocycles. The minimum absolute atomic E-state index is 0.129. The van der Waals surface area contributed by atoms with Gasteiger partial charge in [-0.2, -0.15) is 5.10 Å². The van der Waals surface area contributed by atoms with Crippen LogP contribution in [0.3, 0.4) is 0 Å². The summed E-state index contributed by atoms with van der Waals surface area (Å²) in [5.41, 5.74) is 6.51. The van der Waals surface area contributed by atoms with Crippen molar-refractivity contribution in [3.63, 3.8) is 0 Å². The van der Waals surface area contributed by atoms with E-state index in [0.717, 1.165) is 58.6 Å². The van der Waals surface area contributed by atoms with Gasteiger partial charge in [0.2, 0.25) is 0 Å². The van der Waals surface area contributed by atoms with Crippen LogP contribution in [-0.4, -0.2) is 44.2 Å². The fourth-order valence-electron chi connectivity index (χ4n) is 5.07. The van der Waals surface area contributed by atoms with Crippen LogP contribution in [0.15, 0.2) is 42.6 Å². The molecule has 39 heavy (non-hydrogen) atoms. The second-order valence-corrected chi connectivity index (χ2v) is 10.7. The van der Waals surface area contributed by atoms with Gasteiger partial charge in [-0.3, -0.25) is 9.48 Å². The lowest BCUT2D eigenvalue weighted by molar-refractivity contribution is 0.0781. The van der Waals surface area contributed by atoms with Crippen LogP contribution in [0.5, 0.6) is 5.75 Å². The minimum Gasteiger partial charge on any atom is -0.493 e. The van der Waals surface area contributed by atoms with E-state index in [1.54, 1.807) is 4.90 Å². The van der Waals surface area contributed by atoms with Crippen LogP contribution in [0, 0.1) is 13.8 Å². The molecule has 0 spiro atoms. The Labute approximate surface area is 231 Å². The maximum absolute atomic E-state index is 13.8. The van der Waals surface area contributed by atoms with Crippen LogP contribution < -0.4 is 4.74 Å². The number of hydrogen-bond donors (Lipinski definition) is 0. The first-order valence-corrected chi connectivity index (χ1v) is 14.2. The van der Waals surface area contributed by atoms with Crippen molar-refractivity contribution in [2.24, 2.45) is 0 Å². The summed E-state index contributed by atoms with van der Waals surface area (Å²) in [5.74, 6) is 1.93. The summed E-state index contributed by atoms with van der Waals surface area (Å²) in [6.45, 7) is 10.3. The van der Waals surface area contributed by atoms with Gasteiger partial charge >= 0.3 is 0 Å². The number of unbranched alkanes of at least 4 members (excludes halogenated alkanes) is 2. The van der Waals surface area contributed by atoms with E-state index in [2.05, 4.69) is 31.1 Å². The van der Waals surface area contributed by atoms with Crippen molar-refractivity contribution in [3.8, 4) is 17.1 Å². The van der Waals surface area contributed by atoms with E-state index >= 15 is 0 Å². The Hall–Kier alpha value is -3.74. The Bertz CT molecular complexity index is 1490. The second kappa shape index (κ2) is 11.6. The van der Waals surface area contributed by atoms with E-state index in [9.17, 15) is 4.79 Å². The van der Waals surface area contributed by atoms with Crippen molar-refractivity contribution >= 4 is 16.8 Å². The predicted molar refractivity (Wildman–Crippen MR) is 155 cm³/mol. The molecule has 0 aliphatic heterocycles. The van der Waals surface area contributed by atoms with Gasteiger partial charge in [-0.05, 0) is 81.8 Å². The zero-order chi connectivity index (χ0) is 27.5. The summed E-state index contributed by atoms with van der Waals surface area (Å²) in [6.07, 6.45) is 7.61. The van der Waals surface area contributed by atoms with Gasteiger partial charge in [-0.25, -0.2) is 9.97 Å². The highest BCUT2D eigenvalue weighted by atomic mass is 16.5. The monoisotopic (exact) mass is 525 g/mol. The third kappa shape index (κ3) is 5.82. The zero-order valence-electron chi connectivity index (χ0n) is 23.8. The smallest absolute Gasteiger partial charge is 0.273 e. The van der Waals surface area contributed by atoms with Gasteiger partial charge < -0.3 is 9.64 Å². The Morgan fingerprint density at radius 1 is 1.08 bits per heavy atom. The molecule has 1 saturated carbocycles. The molecule has 2 aromatic carbocycles. The number of benzene rings is 2. The molecule has 1 fully saturated rings. The van der Waals surface area contributed by atoms with Crippen LogP contribution in [0.4, 0.5) is 0 Å². The highest BCUT2D eigenvalue weighted by Crippen LogP contribution is 2.45. The topological polar surface area (TPSA) is 73.1 Å². The van der Waals surface area contributed by atoms with Gasteiger partial charge in [0.05, 0.1) is 18.3 Å². The summed E-state index contributed by atoms with van der Waals surface area (Å²) in [6, 6.07) is 12.3. The van der Waals surface area contributed by atoms with Gasteiger partial charge in [-0.15, -0.1) is 0 Å². The SMILES string of the molecule is CCCCCOc1ccc(-c2nc(C(=O)N(C)Cc3cnn(CC)c3C)c3cc(C)ccc3n2)cc1C1CC1. The lowest BCUT2D eigenvalue weighted by Crippen LogP contribution is -2.28. The molecular weight excluding hydrogens is 486 g/mol. The van der Waals surface area contributed by atoms with Crippen LogP contribution in [0.1, 0.15) is 84.7 Å². The third-order valence-electron chi connectivity index (χ3n) is 7.60. The summed E-state index contributed by atoms with van der Waals surface area (Å²) >= 11 is 0. The average molecular weight is 526 g/mol. The average Bonchev–Trinajstić information content (AvgIpc) is 3.73. The number of ether oxygens (including phenoxy) is 1. The van der Waals surface area contributed by atoms with Crippen LogP contribution in [-0.2, 0) is 13.1 Å². The molecule has 0 atom stereocenters. The van der Waals surface area contributed by atoms with Crippen LogP contribution >= 0.6 is 0 Å².